The Morgan fingerprint density at radius 1 is 1.17 bits per heavy atom. The van der Waals surface area contributed by atoms with Crippen LogP contribution in [-0.2, 0) is 11.3 Å². The molecule has 0 spiro atoms. The van der Waals surface area contributed by atoms with Crippen LogP contribution in [0, 0.1) is 0 Å². The summed E-state index contributed by atoms with van der Waals surface area (Å²) in [6, 6.07) is 8.31. The molecule has 1 saturated heterocycles. The van der Waals surface area contributed by atoms with Crippen LogP contribution in [0.5, 0.6) is 0 Å². The first-order valence-corrected chi connectivity index (χ1v) is 8.05. The average Bonchev–Trinajstić information content (AvgIpc) is 3.07. The summed E-state index contributed by atoms with van der Waals surface area (Å²) >= 11 is 0. The van der Waals surface area contributed by atoms with Crippen molar-refractivity contribution in [3.63, 3.8) is 0 Å². The second kappa shape index (κ2) is 7.94. The van der Waals surface area contributed by atoms with Gasteiger partial charge in [0.1, 0.15) is 5.76 Å². The summed E-state index contributed by atoms with van der Waals surface area (Å²) in [5.41, 5.74) is -0.106. The molecule has 0 bridgehead atoms. The lowest BCUT2D eigenvalue weighted by atomic mass is 10.3. The van der Waals surface area contributed by atoms with Crippen molar-refractivity contribution in [2.75, 3.05) is 39.4 Å². The third-order valence-corrected chi connectivity index (χ3v) is 3.93. The molecular formula is C17H21N3O4. The molecule has 1 aliphatic heterocycles. The Kier molecular flexibility index (Phi) is 5.45. The molecule has 1 aliphatic rings. The third kappa shape index (κ3) is 4.33. The normalized spacial score (nSPS) is 15.3. The van der Waals surface area contributed by atoms with Crippen LogP contribution in [0.15, 0.2) is 45.7 Å². The molecule has 0 radical (unpaired) electrons. The van der Waals surface area contributed by atoms with Gasteiger partial charge in [0.2, 0.25) is 0 Å². The number of nitrogens with one attached hydrogen (secondary N) is 1. The highest BCUT2D eigenvalue weighted by atomic mass is 16.5. The number of amides is 1. The fourth-order valence-corrected chi connectivity index (χ4v) is 2.58. The third-order valence-electron chi connectivity index (χ3n) is 3.93. The van der Waals surface area contributed by atoms with E-state index in [2.05, 4.69) is 10.2 Å². The molecule has 0 atom stereocenters. The Bertz CT molecular complexity index is 731. The van der Waals surface area contributed by atoms with Crippen molar-refractivity contribution in [1.29, 1.82) is 0 Å². The predicted octanol–water partition coefficient (Wildman–Crippen LogP) is 0.552. The van der Waals surface area contributed by atoms with E-state index in [4.69, 9.17) is 9.15 Å². The van der Waals surface area contributed by atoms with Gasteiger partial charge in [0.25, 0.3) is 11.5 Å². The van der Waals surface area contributed by atoms with Crippen LogP contribution in [0.1, 0.15) is 16.3 Å². The zero-order chi connectivity index (χ0) is 16.8. The second-order valence-corrected chi connectivity index (χ2v) is 5.64. The van der Waals surface area contributed by atoms with Gasteiger partial charge in [-0.05, 0) is 18.2 Å². The maximum absolute atomic E-state index is 12.1. The molecule has 128 valence electrons. The summed E-state index contributed by atoms with van der Waals surface area (Å²) in [7, 11) is 0. The summed E-state index contributed by atoms with van der Waals surface area (Å²) in [5.74, 6) is 0.590. The molecule has 0 aliphatic carbocycles. The van der Waals surface area contributed by atoms with Crippen LogP contribution in [0.2, 0.25) is 0 Å². The topological polar surface area (TPSA) is 76.7 Å². The Balaban J connectivity index is 1.50. The fraction of sp³-hybridized carbons (Fsp3) is 0.412. The quantitative estimate of drug-likeness (QED) is 0.837. The predicted molar refractivity (Wildman–Crippen MR) is 88.1 cm³/mol. The van der Waals surface area contributed by atoms with Crippen molar-refractivity contribution < 1.29 is 13.9 Å². The van der Waals surface area contributed by atoms with Gasteiger partial charge in [-0.1, -0.05) is 6.07 Å². The van der Waals surface area contributed by atoms with Crippen molar-refractivity contribution in [2.24, 2.45) is 0 Å². The van der Waals surface area contributed by atoms with Crippen molar-refractivity contribution in [3.8, 4) is 0 Å². The summed E-state index contributed by atoms with van der Waals surface area (Å²) in [5, 5.41) is 2.85. The molecule has 0 unspecified atom stereocenters. The number of furan rings is 1. The van der Waals surface area contributed by atoms with Crippen molar-refractivity contribution >= 4 is 5.91 Å². The van der Waals surface area contributed by atoms with Crippen LogP contribution in [-0.4, -0.2) is 54.8 Å². The first-order valence-electron chi connectivity index (χ1n) is 8.05. The van der Waals surface area contributed by atoms with E-state index >= 15 is 0 Å². The lowest BCUT2D eigenvalue weighted by Gasteiger charge is -2.26. The molecule has 1 amide bonds. The van der Waals surface area contributed by atoms with Gasteiger partial charge >= 0.3 is 0 Å². The van der Waals surface area contributed by atoms with Gasteiger partial charge in [-0.3, -0.25) is 14.5 Å². The molecule has 0 aromatic carbocycles. The van der Waals surface area contributed by atoms with Crippen molar-refractivity contribution in [1.82, 2.24) is 14.8 Å². The molecule has 0 saturated carbocycles. The lowest BCUT2D eigenvalue weighted by Crippen LogP contribution is -2.41. The molecule has 2 aromatic rings. The summed E-state index contributed by atoms with van der Waals surface area (Å²) in [4.78, 5) is 26.0. The van der Waals surface area contributed by atoms with Crippen LogP contribution in [0.25, 0.3) is 0 Å². The Hall–Kier alpha value is -2.38. The summed E-state index contributed by atoms with van der Waals surface area (Å²) in [6.45, 7) is 4.94. The number of carbonyl (C=O) groups excluding carboxylic acids is 1. The molecular weight excluding hydrogens is 310 g/mol. The smallest absolute Gasteiger partial charge is 0.287 e. The largest absolute Gasteiger partial charge is 0.454 e. The van der Waals surface area contributed by atoms with E-state index in [-0.39, 0.29) is 17.2 Å². The minimum Gasteiger partial charge on any atom is -0.454 e. The first kappa shape index (κ1) is 16.5. The number of ether oxygens (including phenoxy) is 1. The second-order valence-electron chi connectivity index (χ2n) is 5.64. The molecule has 1 fully saturated rings. The van der Waals surface area contributed by atoms with Crippen molar-refractivity contribution in [3.05, 3.63) is 58.4 Å². The minimum atomic E-state index is -0.241. The van der Waals surface area contributed by atoms with E-state index in [1.807, 2.05) is 0 Å². The summed E-state index contributed by atoms with van der Waals surface area (Å²) < 4.78 is 12.4. The molecule has 3 heterocycles. The van der Waals surface area contributed by atoms with Gasteiger partial charge in [0.15, 0.2) is 5.76 Å². The van der Waals surface area contributed by atoms with E-state index in [9.17, 15) is 9.59 Å². The van der Waals surface area contributed by atoms with Crippen LogP contribution in [0.4, 0.5) is 0 Å². The van der Waals surface area contributed by atoms with Gasteiger partial charge < -0.3 is 19.0 Å². The minimum absolute atomic E-state index is 0.106. The number of hydrogen-bond acceptors (Lipinski definition) is 5. The highest BCUT2D eigenvalue weighted by molar-refractivity contribution is 5.91. The summed E-state index contributed by atoms with van der Waals surface area (Å²) in [6.07, 6.45) is 1.69. The molecule has 7 heteroatoms. The molecule has 24 heavy (non-hydrogen) atoms. The number of nitrogens with zero attached hydrogens (tertiary/aromatic N) is 2. The van der Waals surface area contributed by atoms with Gasteiger partial charge in [-0.2, -0.15) is 0 Å². The monoisotopic (exact) mass is 331 g/mol. The van der Waals surface area contributed by atoms with E-state index in [1.54, 1.807) is 30.5 Å². The number of pyridine rings is 1. The molecule has 1 N–H and O–H groups in total. The SMILES string of the molecule is O=C(NCCN1CCOCC1)c1ccc(Cn2ccccc2=O)o1. The van der Waals surface area contributed by atoms with E-state index in [0.717, 1.165) is 32.8 Å². The van der Waals surface area contributed by atoms with Crippen LogP contribution in [0.3, 0.4) is 0 Å². The van der Waals surface area contributed by atoms with Gasteiger partial charge in [-0.25, -0.2) is 0 Å². The number of aromatic nitrogens is 1. The van der Waals surface area contributed by atoms with Gasteiger partial charge in [0, 0.05) is 38.4 Å². The van der Waals surface area contributed by atoms with E-state index in [0.29, 0.717) is 18.8 Å². The van der Waals surface area contributed by atoms with E-state index < -0.39 is 0 Å². The van der Waals surface area contributed by atoms with Gasteiger partial charge in [0.05, 0.1) is 19.8 Å². The lowest BCUT2D eigenvalue weighted by molar-refractivity contribution is 0.0382. The zero-order valence-corrected chi connectivity index (χ0v) is 13.4. The Labute approximate surface area is 139 Å². The maximum Gasteiger partial charge on any atom is 0.287 e. The average molecular weight is 331 g/mol. The standard InChI is InChI=1S/C17H21N3O4/c21-16-3-1-2-7-20(16)13-14-4-5-15(24-14)17(22)18-6-8-19-9-11-23-12-10-19/h1-5,7H,6,8-13H2,(H,18,22). The highest BCUT2D eigenvalue weighted by Crippen LogP contribution is 2.09. The van der Waals surface area contributed by atoms with Crippen molar-refractivity contribution in [2.45, 2.75) is 6.54 Å². The van der Waals surface area contributed by atoms with Gasteiger partial charge in [-0.15, -0.1) is 0 Å². The maximum atomic E-state index is 12.1. The first-order chi connectivity index (χ1) is 11.7. The number of hydrogen-bond donors (Lipinski definition) is 1. The molecule has 2 aromatic heterocycles. The Morgan fingerprint density at radius 2 is 2.00 bits per heavy atom. The number of carbonyl (C=O) groups is 1. The molecule has 3 rings (SSSR count). The fourth-order valence-electron chi connectivity index (χ4n) is 2.58. The van der Waals surface area contributed by atoms with Crippen LogP contribution < -0.4 is 10.9 Å². The van der Waals surface area contributed by atoms with Crippen LogP contribution >= 0.6 is 0 Å². The number of morpholine rings is 1. The highest BCUT2D eigenvalue weighted by Gasteiger charge is 2.13. The van der Waals surface area contributed by atoms with E-state index in [1.165, 1.54) is 10.6 Å². The molecule has 7 nitrogen and oxygen atoms in total. The Morgan fingerprint density at radius 3 is 2.79 bits per heavy atom. The zero-order valence-electron chi connectivity index (χ0n) is 13.4. The number of rotatable bonds is 6.